The summed E-state index contributed by atoms with van der Waals surface area (Å²) in [5, 5.41) is 6.93. The molecule has 2 aliphatic rings. The minimum Gasteiger partial charge on any atom is -0.375 e. The van der Waals surface area contributed by atoms with Crippen LogP contribution in [0.15, 0.2) is 6.07 Å². The molecule has 2 atom stereocenters. The maximum atomic E-state index is 12.5. The number of hydrogen-bond acceptors (Lipinski definition) is 4. The van der Waals surface area contributed by atoms with Gasteiger partial charge in [-0.2, -0.15) is 5.10 Å². The number of aromatic nitrogens is 2. The number of morpholine rings is 1. The number of aryl methyl sites for hydroxylation is 1. The van der Waals surface area contributed by atoms with Crippen LogP contribution in [0, 0.1) is 6.92 Å². The molecule has 116 valence electrons. The van der Waals surface area contributed by atoms with E-state index in [1.54, 1.807) is 0 Å². The average molecular weight is 292 g/mol. The zero-order valence-electron chi connectivity index (χ0n) is 13.0. The van der Waals surface area contributed by atoms with Gasteiger partial charge in [0.15, 0.2) is 0 Å². The van der Waals surface area contributed by atoms with Crippen molar-refractivity contribution in [2.75, 3.05) is 26.2 Å². The molecule has 6 heteroatoms. The van der Waals surface area contributed by atoms with Gasteiger partial charge in [0.25, 0.3) is 5.91 Å². The molecular formula is C15H24N4O2. The second-order valence-electron chi connectivity index (χ2n) is 6.28. The molecule has 6 nitrogen and oxygen atoms in total. The molecule has 2 saturated heterocycles. The summed E-state index contributed by atoms with van der Waals surface area (Å²) < 4.78 is 5.90. The van der Waals surface area contributed by atoms with Crippen molar-refractivity contribution in [3.8, 4) is 0 Å². The van der Waals surface area contributed by atoms with Crippen LogP contribution in [0.2, 0.25) is 0 Å². The van der Waals surface area contributed by atoms with Gasteiger partial charge < -0.3 is 9.64 Å². The normalized spacial score (nSPS) is 27.0. The van der Waals surface area contributed by atoms with Gasteiger partial charge >= 0.3 is 0 Å². The minimum atomic E-state index is 0.0204. The number of nitrogens with one attached hydrogen (secondary N) is 1. The SMILES string of the molecule is Cc1cc(C(=O)N2CC[C@@H]3OCCN(C(C)C)[C@@H]3C2)n[nH]1. The highest BCUT2D eigenvalue weighted by molar-refractivity contribution is 5.92. The van der Waals surface area contributed by atoms with E-state index in [1.807, 2.05) is 17.9 Å². The number of rotatable bonds is 2. The first-order chi connectivity index (χ1) is 10.1. The lowest BCUT2D eigenvalue weighted by molar-refractivity contribution is -0.107. The number of nitrogens with zero attached hydrogens (tertiary/aromatic N) is 3. The number of carbonyl (C=O) groups is 1. The highest BCUT2D eigenvalue weighted by Gasteiger charge is 2.39. The fourth-order valence-electron chi connectivity index (χ4n) is 3.41. The Morgan fingerprint density at radius 3 is 2.95 bits per heavy atom. The third kappa shape index (κ3) is 2.82. The molecule has 2 aliphatic heterocycles. The Morgan fingerprint density at radius 2 is 2.29 bits per heavy atom. The lowest BCUT2D eigenvalue weighted by Crippen LogP contribution is -2.62. The van der Waals surface area contributed by atoms with Crippen molar-refractivity contribution in [1.29, 1.82) is 0 Å². The summed E-state index contributed by atoms with van der Waals surface area (Å²) in [5.41, 5.74) is 1.43. The largest absolute Gasteiger partial charge is 0.375 e. The molecule has 21 heavy (non-hydrogen) atoms. The van der Waals surface area contributed by atoms with Crippen molar-refractivity contribution in [3.05, 3.63) is 17.5 Å². The monoisotopic (exact) mass is 292 g/mol. The number of fused-ring (bicyclic) bond motifs is 1. The number of piperidine rings is 1. The molecule has 1 amide bonds. The van der Waals surface area contributed by atoms with E-state index in [2.05, 4.69) is 28.9 Å². The van der Waals surface area contributed by atoms with E-state index in [0.29, 0.717) is 17.8 Å². The first kappa shape index (κ1) is 14.5. The van der Waals surface area contributed by atoms with Crippen molar-refractivity contribution in [1.82, 2.24) is 20.0 Å². The summed E-state index contributed by atoms with van der Waals surface area (Å²) >= 11 is 0. The molecule has 0 bridgehead atoms. The molecule has 2 fully saturated rings. The van der Waals surface area contributed by atoms with Crippen LogP contribution in [-0.2, 0) is 4.74 Å². The summed E-state index contributed by atoms with van der Waals surface area (Å²) in [6, 6.07) is 2.59. The first-order valence-electron chi connectivity index (χ1n) is 7.75. The van der Waals surface area contributed by atoms with Crippen LogP contribution < -0.4 is 0 Å². The van der Waals surface area contributed by atoms with Gasteiger partial charge in [-0.3, -0.25) is 14.8 Å². The molecule has 0 unspecified atom stereocenters. The summed E-state index contributed by atoms with van der Waals surface area (Å²) in [7, 11) is 0. The topological polar surface area (TPSA) is 61.5 Å². The van der Waals surface area contributed by atoms with Crippen molar-refractivity contribution in [2.24, 2.45) is 0 Å². The quantitative estimate of drug-likeness (QED) is 0.885. The molecule has 0 radical (unpaired) electrons. The number of carbonyl (C=O) groups excluding carboxylic acids is 1. The van der Waals surface area contributed by atoms with Crippen molar-refractivity contribution in [3.63, 3.8) is 0 Å². The van der Waals surface area contributed by atoms with Crippen LogP contribution in [-0.4, -0.2) is 70.3 Å². The molecule has 0 aliphatic carbocycles. The molecule has 0 aromatic carbocycles. The van der Waals surface area contributed by atoms with Crippen LogP contribution in [0.3, 0.4) is 0 Å². The second-order valence-corrected chi connectivity index (χ2v) is 6.28. The summed E-state index contributed by atoms with van der Waals surface area (Å²) in [4.78, 5) is 16.9. The molecule has 1 N–H and O–H groups in total. The van der Waals surface area contributed by atoms with E-state index in [1.165, 1.54) is 0 Å². The van der Waals surface area contributed by atoms with Crippen LogP contribution >= 0.6 is 0 Å². The summed E-state index contributed by atoms with van der Waals surface area (Å²) in [5.74, 6) is 0.0204. The maximum Gasteiger partial charge on any atom is 0.274 e. The van der Waals surface area contributed by atoms with Crippen molar-refractivity contribution < 1.29 is 9.53 Å². The molecular weight excluding hydrogens is 268 g/mol. The van der Waals surface area contributed by atoms with Gasteiger partial charge in [-0.25, -0.2) is 0 Å². The van der Waals surface area contributed by atoms with E-state index in [-0.39, 0.29) is 12.0 Å². The first-order valence-corrected chi connectivity index (χ1v) is 7.75. The Morgan fingerprint density at radius 1 is 1.48 bits per heavy atom. The fraction of sp³-hybridized carbons (Fsp3) is 0.733. The standard InChI is InChI=1S/C15H24N4O2/c1-10(2)19-6-7-21-14-4-5-18(9-13(14)19)15(20)12-8-11(3)16-17-12/h8,10,13-14H,4-7,9H2,1-3H3,(H,16,17)/t13-,14+/m1/s1. The van der Waals surface area contributed by atoms with Crippen molar-refractivity contribution >= 4 is 5.91 Å². The predicted molar refractivity (Wildman–Crippen MR) is 79.2 cm³/mol. The van der Waals surface area contributed by atoms with Gasteiger partial charge in [-0.1, -0.05) is 0 Å². The zero-order valence-corrected chi connectivity index (χ0v) is 13.0. The zero-order chi connectivity index (χ0) is 15.0. The summed E-state index contributed by atoms with van der Waals surface area (Å²) in [6.45, 7) is 9.55. The Balaban J connectivity index is 1.73. The molecule has 0 spiro atoms. The van der Waals surface area contributed by atoms with E-state index in [4.69, 9.17) is 4.74 Å². The third-order valence-corrected chi connectivity index (χ3v) is 4.50. The van der Waals surface area contributed by atoms with Crippen LogP contribution in [0.25, 0.3) is 0 Å². The Labute approximate surface area is 125 Å². The molecule has 3 heterocycles. The lowest BCUT2D eigenvalue weighted by atomic mass is 9.97. The number of amides is 1. The van der Waals surface area contributed by atoms with Crippen molar-refractivity contribution in [2.45, 2.75) is 45.4 Å². The number of likely N-dealkylation sites (tertiary alicyclic amines) is 1. The second kappa shape index (κ2) is 5.77. The maximum absolute atomic E-state index is 12.5. The van der Waals surface area contributed by atoms with Gasteiger partial charge in [0.1, 0.15) is 5.69 Å². The highest BCUT2D eigenvalue weighted by atomic mass is 16.5. The number of aromatic amines is 1. The van der Waals surface area contributed by atoms with E-state index in [9.17, 15) is 4.79 Å². The van der Waals surface area contributed by atoms with E-state index >= 15 is 0 Å². The minimum absolute atomic E-state index is 0.0204. The fourth-order valence-corrected chi connectivity index (χ4v) is 3.41. The smallest absolute Gasteiger partial charge is 0.274 e. The van der Waals surface area contributed by atoms with Crippen LogP contribution in [0.5, 0.6) is 0 Å². The van der Waals surface area contributed by atoms with Gasteiger partial charge in [0.05, 0.1) is 18.8 Å². The molecule has 1 aromatic rings. The van der Waals surface area contributed by atoms with Gasteiger partial charge in [-0.05, 0) is 33.3 Å². The highest BCUT2D eigenvalue weighted by Crippen LogP contribution is 2.25. The Hall–Kier alpha value is -1.40. The van der Waals surface area contributed by atoms with Gasteiger partial charge in [0.2, 0.25) is 0 Å². The van der Waals surface area contributed by atoms with Gasteiger partial charge in [0, 0.05) is 31.4 Å². The van der Waals surface area contributed by atoms with Crippen LogP contribution in [0.4, 0.5) is 0 Å². The number of hydrogen-bond donors (Lipinski definition) is 1. The Bertz CT molecular complexity index is 514. The third-order valence-electron chi connectivity index (χ3n) is 4.50. The number of H-pyrrole nitrogens is 1. The summed E-state index contributed by atoms with van der Waals surface area (Å²) in [6.07, 6.45) is 1.16. The Kier molecular flexibility index (Phi) is 3.99. The average Bonchev–Trinajstić information content (AvgIpc) is 2.91. The molecule has 3 rings (SSSR count). The molecule has 0 saturated carbocycles. The lowest BCUT2D eigenvalue weighted by Gasteiger charge is -2.48. The molecule has 1 aromatic heterocycles. The van der Waals surface area contributed by atoms with Gasteiger partial charge in [-0.15, -0.1) is 0 Å². The van der Waals surface area contributed by atoms with E-state index < -0.39 is 0 Å². The van der Waals surface area contributed by atoms with Crippen LogP contribution in [0.1, 0.15) is 36.5 Å². The predicted octanol–water partition coefficient (Wildman–Crippen LogP) is 1.04. The number of ether oxygens (including phenoxy) is 1. The van der Waals surface area contributed by atoms with E-state index in [0.717, 1.165) is 38.4 Å².